The molecule has 0 aliphatic carbocycles. The number of carbonyl (C=O) groups excluding carboxylic acids is 1. The lowest BCUT2D eigenvalue weighted by Gasteiger charge is -2.20. The maximum absolute atomic E-state index is 11.7. The molecule has 1 amide bonds. The lowest BCUT2D eigenvalue weighted by atomic mass is 10.3. The fourth-order valence-corrected chi connectivity index (χ4v) is 1.88. The summed E-state index contributed by atoms with van der Waals surface area (Å²) in [5, 5.41) is 6.57. The molecule has 0 aromatic heterocycles. The fourth-order valence-electron chi connectivity index (χ4n) is 1.68. The van der Waals surface area contributed by atoms with Gasteiger partial charge in [-0.25, -0.2) is 0 Å². The van der Waals surface area contributed by atoms with Crippen LogP contribution in [-0.4, -0.2) is 43.5 Å². The Morgan fingerprint density at radius 1 is 1.40 bits per heavy atom. The maximum atomic E-state index is 11.7. The molecule has 0 atom stereocenters. The number of benzene rings is 1. The van der Waals surface area contributed by atoms with Gasteiger partial charge in [0, 0.05) is 16.8 Å². The monoisotopic (exact) mass is 297 g/mol. The summed E-state index contributed by atoms with van der Waals surface area (Å²) < 4.78 is 0. The quantitative estimate of drug-likeness (QED) is 0.725. The van der Waals surface area contributed by atoms with E-state index in [1.165, 1.54) is 0 Å². The highest BCUT2D eigenvalue weighted by Crippen LogP contribution is 2.14. The number of nitrogens with one attached hydrogen (secondary N) is 2. The molecule has 0 saturated heterocycles. The topological polar surface area (TPSA) is 44.4 Å². The first-order valence-corrected chi connectivity index (χ1v) is 7.33. The van der Waals surface area contributed by atoms with Crippen molar-refractivity contribution < 1.29 is 4.79 Å². The van der Waals surface area contributed by atoms with Crippen molar-refractivity contribution in [1.82, 2.24) is 10.2 Å². The second kappa shape index (κ2) is 8.95. The highest BCUT2D eigenvalue weighted by molar-refractivity contribution is 6.30. The largest absolute Gasteiger partial charge is 0.325 e. The SMILES string of the molecule is CC(C)N(C)CCCNCC(=O)Nc1cccc(Cl)c1. The van der Waals surface area contributed by atoms with E-state index in [1.807, 2.05) is 12.1 Å². The number of hydrogen-bond donors (Lipinski definition) is 2. The third-order valence-electron chi connectivity index (χ3n) is 3.14. The van der Waals surface area contributed by atoms with Crippen molar-refractivity contribution in [3.05, 3.63) is 29.3 Å². The van der Waals surface area contributed by atoms with Gasteiger partial charge in [0.15, 0.2) is 0 Å². The zero-order valence-electron chi connectivity index (χ0n) is 12.4. The van der Waals surface area contributed by atoms with Gasteiger partial charge in [-0.3, -0.25) is 4.79 Å². The molecule has 0 aliphatic heterocycles. The number of nitrogens with zero attached hydrogens (tertiary/aromatic N) is 1. The zero-order valence-corrected chi connectivity index (χ0v) is 13.2. The van der Waals surface area contributed by atoms with Gasteiger partial charge in [-0.05, 0) is 58.6 Å². The summed E-state index contributed by atoms with van der Waals surface area (Å²) in [4.78, 5) is 14.0. The van der Waals surface area contributed by atoms with E-state index in [2.05, 4.69) is 36.4 Å². The van der Waals surface area contributed by atoms with Gasteiger partial charge in [0.2, 0.25) is 5.91 Å². The van der Waals surface area contributed by atoms with E-state index in [0.717, 1.165) is 25.2 Å². The van der Waals surface area contributed by atoms with E-state index in [4.69, 9.17) is 11.6 Å². The molecule has 2 N–H and O–H groups in total. The third kappa shape index (κ3) is 6.89. The first-order valence-electron chi connectivity index (χ1n) is 6.95. The lowest BCUT2D eigenvalue weighted by Crippen LogP contribution is -2.32. The Kier molecular flexibility index (Phi) is 7.59. The second-order valence-electron chi connectivity index (χ2n) is 5.16. The van der Waals surface area contributed by atoms with E-state index in [1.54, 1.807) is 12.1 Å². The Morgan fingerprint density at radius 3 is 2.80 bits per heavy atom. The molecule has 0 radical (unpaired) electrons. The highest BCUT2D eigenvalue weighted by Gasteiger charge is 2.04. The number of hydrogen-bond acceptors (Lipinski definition) is 3. The van der Waals surface area contributed by atoms with Crippen LogP contribution < -0.4 is 10.6 Å². The molecule has 0 spiro atoms. The summed E-state index contributed by atoms with van der Waals surface area (Å²) in [6.07, 6.45) is 1.03. The van der Waals surface area contributed by atoms with E-state index in [9.17, 15) is 4.79 Å². The van der Waals surface area contributed by atoms with Crippen LogP contribution in [0.5, 0.6) is 0 Å². The molecule has 5 heteroatoms. The minimum absolute atomic E-state index is 0.0514. The van der Waals surface area contributed by atoms with Crippen LogP contribution in [0.4, 0.5) is 5.69 Å². The Hall–Kier alpha value is -1.10. The van der Waals surface area contributed by atoms with Gasteiger partial charge in [0.05, 0.1) is 6.54 Å². The predicted molar refractivity (Wildman–Crippen MR) is 85.3 cm³/mol. The van der Waals surface area contributed by atoms with Crippen molar-refractivity contribution in [3.8, 4) is 0 Å². The molecule has 1 rings (SSSR count). The van der Waals surface area contributed by atoms with Gasteiger partial charge in [0.1, 0.15) is 0 Å². The van der Waals surface area contributed by atoms with Crippen LogP contribution in [0, 0.1) is 0 Å². The Balaban J connectivity index is 2.15. The summed E-state index contributed by atoms with van der Waals surface area (Å²) in [6.45, 7) is 6.52. The normalized spacial score (nSPS) is 11.1. The van der Waals surface area contributed by atoms with Crippen LogP contribution in [0.15, 0.2) is 24.3 Å². The third-order valence-corrected chi connectivity index (χ3v) is 3.37. The van der Waals surface area contributed by atoms with Crippen LogP contribution in [0.25, 0.3) is 0 Å². The Morgan fingerprint density at radius 2 is 2.15 bits per heavy atom. The second-order valence-corrected chi connectivity index (χ2v) is 5.60. The van der Waals surface area contributed by atoms with Crippen LogP contribution in [-0.2, 0) is 4.79 Å². The van der Waals surface area contributed by atoms with Crippen molar-refractivity contribution in [2.75, 3.05) is 32.0 Å². The zero-order chi connectivity index (χ0) is 15.0. The fraction of sp³-hybridized carbons (Fsp3) is 0.533. The van der Waals surface area contributed by atoms with Crippen molar-refractivity contribution in [3.63, 3.8) is 0 Å². The molecule has 1 aromatic rings. The molecule has 20 heavy (non-hydrogen) atoms. The van der Waals surface area contributed by atoms with Crippen LogP contribution in [0.2, 0.25) is 5.02 Å². The number of halogens is 1. The Labute approximate surface area is 126 Å². The summed E-state index contributed by atoms with van der Waals surface area (Å²) in [5.74, 6) is -0.0514. The average Bonchev–Trinajstić information content (AvgIpc) is 2.37. The van der Waals surface area contributed by atoms with Crippen molar-refractivity contribution >= 4 is 23.2 Å². The molecular formula is C15H24ClN3O. The summed E-state index contributed by atoms with van der Waals surface area (Å²) >= 11 is 5.86. The highest BCUT2D eigenvalue weighted by atomic mass is 35.5. The molecule has 1 aromatic carbocycles. The standard InChI is InChI=1S/C15H24ClN3O/c1-12(2)19(3)9-5-8-17-11-15(20)18-14-7-4-6-13(16)10-14/h4,6-7,10,12,17H,5,8-9,11H2,1-3H3,(H,18,20). The van der Waals surface area contributed by atoms with Gasteiger partial charge in [-0.1, -0.05) is 17.7 Å². The van der Waals surface area contributed by atoms with Crippen LogP contribution >= 0.6 is 11.6 Å². The maximum Gasteiger partial charge on any atom is 0.238 e. The molecule has 0 aliphatic rings. The van der Waals surface area contributed by atoms with Gasteiger partial charge in [-0.15, -0.1) is 0 Å². The molecule has 0 saturated carbocycles. The average molecular weight is 298 g/mol. The molecule has 112 valence electrons. The van der Waals surface area contributed by atoms with E-state index < -0.39 is 0 Å². The van der Waals surface area contributed by atoms with Gasteiger partial charge >= 0.3 is 0 Å². The van der Waals surface area contributed by atoms with Crippen molar-refractivity contribution in [2.45, 2.75) is 26.3 Å². The van der Waals surface area contributed by atoms with Crippen molar-refractivity contribution in [1.29, 1.82) is 0 Å². The minimum Gasteiger partial charge on any atom is -0.325 e. The minimum atomic E-state index is -0.0514. The molecule has 0 unspecified atom stereocenters. The molecule has 0 bridgehead atoms. The van der Waals surface area contributed by atoms with E-state index >= 15 is 0 Å². The summed E-state index contributed by atoms with van der Waals surface area (Å²) in [6, 6.07) is 7.70. The van der Waals surface area contributed by atoms with Crippen LogP contribution in [0.3, 0.4) is 0 Å². The Bertz CT molecular complexity index is 423. The van der Waals surface area contributed by atoms with Gasteiger partial charge in [0.25, 0.3) is 0 Å². The van der Waals surface area contributed by atoms with Crippen molar-refractivity contribution in [2.24, 2.45) is 0 Å². The number of rotatable bonds is 8. The number of amides is 1. The van der Waals surface area contributed by atoms with Crippen LogP contribution in [0.1, 0.15) is 20.3 Å². The smallest absolute Gasteiger partial charge is 0.238 e. The molecule has 4 nitrogen and oxygen atoms in total. The predicted octanol–water partition coefficient (Wildman–Crippen LogP) is 2.60. The molecule has 0 heterocycles. The number of anilines is 1. The van der Waals surface area contributed by atoms with Gasteiger partial charge in [-0.2, -0.15) is 0 Å². The summed E-state index contributed by atoms with van der Waals surface area (Å²) in [5.41, 5.74) is 0.726. The first kappa shape index (κ1) is 17.0. The molecule has 0 fully saturated rings. The van der Waals surface area contributed by atoms with E-state index in [-0.39, 0.29) is 5.91 Å². The first-order chi connectivity index (χ1) is 9.49. The number of carbonyl (C=O) groups is 1. The van der Waals surface area contributed by atoms with Gasteiger partial charge < -0.3 is 15.5 Å². The molecular weight excluding hydrogens is 274 g/mol. The summed E-state index contributed by atoms with van der Waals surface area (Å²) in [7, 11) is 2.11. The van der Waals surface area contributed by atoms with E-state index in [0.29, 0.717) is 17.6 Å². The lowest BCUT2D eigenvalue weighted by molar-refractivity contribution is -0.115.